The molecule has 3 unspecified atom stereocenters. The third kappa shape index (κ3) is 2.46. The van der Waals surface area contributed by atoms with Crippen LogP contribution in [0.4, 0.5) is 14.5 Å². The number of benzene rings is 1. The van der Waals surface area contributed by atoms with Gasteiger partial charge in [0.15, 0.2) is 0 Å². The summed E-state index contributed by atoms with van der Waals surface area (Å²) in [4.78, 5) is 21.5. The number of carbonyl (C=O) groups is 1. The molecule has 3 atom stereocenters. The number of nitro groups is 1. The number of rotatable bonds is 3. The molecule has 0 spiro atoms. The minimum atomic E-state index is -1.24. The van der Waals surface area contributed by atoms with E-state index in [1.54, 1.807) is 0 Å². The Morgan fingerprint density at radius 2 is 2.10 bits per heavy atom. The van der Waals surface area contributed by atoms with Gasteiger partial charge in [0.25, 0.3) is 5.91 Å². The Morgan fingerprint density at radius 1 is 1.33 bits per heavy atom. The lowest BCUT2D eigenvalue weighted by Gasteiger charge is -2.20. The maximum Gasteiger partial charge on any atom is 0.307 e. The zero-order valence-electron chi connectivity index (χ0n) is 10.8. The number of halogens is 2. The minimum absolute atomic E-state index is 0.0927. The number of hydrogen-bond donors (Lipinski definition) is 1. The van der Waals surface area contributed by atoms with Gasteiger partial charge in [-0.25, -0.2) is 4.39 Å². The maximum atomic E-state index is 13.7. The highest BCUT2D eigenvalue weighted by atomic mass is 19.1. The zero-order chi connectivity index (χ0) is 15.1. The number of nitrogens with zero attached hydrogens (tertiary/aromatic N) is 1. The van der Waals surface area contributed by atoms with Gasteiger partial charge < -0.3 is 10.1 Å². The first-order chi connectivity index (χ1) is 9.95. The van der Waals surface area contributed by atoms with Crippen LogP contribution in [0.1, 0.15) is 29.6 Å². The van der Waals surface area contributed by atoms with Crippen molar-refractivity contribution in [3.63, 3.8) is 0 Å². The maximum absolute atomic E-state index is 13.7. The van der Waals surface area contributed by atoms with Gasteiger partial charge in [-0.3, -0.25) is 14.9 Å². The van der Waals surface area contributed by atoms with E-state index in [2.05, 4.69) is 5.32 Å². The lowest BCUT2D eigenvalue weighted by Crippen LogP contribution is -2.41. The Labute approximate surface area is 118 Å². The Bertz CT molecular complexity index is 622. The summed E-state index contributed by atoms with van der Waals surface area (Å²) in [5.41, 5.74) is -1.53. The van der Waals surface area contributed by atoms with Gasteiger partial charge >= 0.3 is 5.69 Å². The molecule has 1 aromatic rings. The van der Waals surface area contributed by atoms with Crippen LogP contribution < -0.4 is 5.32 Å². The molecule has 2 aliphatic rings. The molecule has 0 aliphatic carbocycles. The zero-order valence-corrected chi connectivity index (χ0v) is 10.8. The van der Waals surface area contributed by atoms with E-state index in [0.717, 1.165) is 12.8 Å². The standard InChI is InChI=1S/C13H12F2N2O4/c14-8-5-11(17(19)20)9(15)4-7(8)13(18)16-10-3-6-1-2-12(10)21-6/h4-6,10,12H,1-3H2,(H,16,18). The van der Waals surface area contributed by atoms with E-state index in [9.17, 15) is 23.7 Å². The molecule has 1 N–H and O–H groups in total. The number of ether oxygens (including phenoxy) is 1. The quantitative estimate of drug-likeness (QED) is 0.683. The van der Waals surface area contributed by atoms with Crippen LogP contribution in [0.5, 0.6) is 0 Å². The van der Waals surface area contributed by atoms with Crippen molar-refractivity contribution in [3.8, 4) is 0 Å². The van der Waals surface area contributed by atoms with Crippen molar-refractivity contribution in [2.24, 2.45) is 0 Å². The van der Waals surface area contributed by atoms with Gasteiger partial charge in [0.05, 0.1) is 34.8 Å². The predicted molar refractivity (Wildman–Crippen MR) is 66.8 cm³/mol. The van der Waals surface area contributed by atoms with Crippen molar-refractivity contribution < 1.29 is 23.2 Å². The van der Waals surface area contributed by atoms with E-state index in [-0.39, 0.29) is 18.2 Å². The highest BCUT2D eigenvalue weighted by molar-refractivity contribution is 5.95. The van der Waals surface area contributed by atoms with E-state index >= 15 is 0 Å². The Hall–Kier alpha value is -2.09. The largest absolute Gasteiger partial charge is 0.373 e. The second kappa shape index (κ2) is 5.03. The number of nitrogens with one attached hydrogen (secondary N) is 1. The van der Waals surface area contributed by atoms with Gasteiger partial charge in [-0.1, -0.05) is 0 Å². The minimum Gasteiger partial charge on any atom is -0.373 e. The summed E-state index contributed by atoms with van der Waals surface area (Å²) in [6.45, 7) is 0. The second-order valence-corrected chi connectivity index (χ2v) is 5.23. The molecule has 0 aromatic heterocycles. The van der Waals surface area contributed by atoms with Gasteiger partial charge in [-0.15, -0.1) is 0 Å². The first-order valence-corrected chi connectivity index (χ1v) is 6.55. The predicted octanol–water partition coefficient (Wildman–Crippen LogP) is 1.92. The lowest BCUT2D eigenvalue weighted by atomic mass is 9.95. The highest BCUT2D eigenvalue weighted by Crippen LogP contribution is 2.34. The Morgan fingerprint density at radius 3 is 2.67 bits per heavy atom. The molecule has 0 saturated carbocycles. The molecule has 2 bridgehead atoms. The molecule has 112 valence electrons. The molecule has 6 nitrogen and oxygen atoms in total. The van der Waals surface area contributed by atoms with Gasteiger partial charge in [0, 0.05) is 0 Å². The third-order valence-corrected chi connectivity index (χ3v) is 3.90. The average Bonchev–Trinajstić information content (AvgIpc) is 3.02. The molecule has 0 radical (unpaired) electrons. The SMILES string of the molecule is O=C(NC1CC2CCC1O2)c1cc(F)c([N+](=O)[O-])cc1F. The van der Waals surface area contributed by atoms with Crippen LogP contribution >= 0.6 is 0 Å². The first-order valence-electron chi connectivity index (χ1n) is 6.55. The molecule has 21 heavy (non-hydrogen) atoms. The second-order valence-electron chi connectivity index (χ2n) is 5.23. The van der Waals surface area contributed by atoms with Gasteiger partial charge in [0.2, 0.25) is 5.82 Å². The number of carbonyl (C=O) groups excluding carboxylic acids is 1. The molecule has 2 heterocycles. The van der Waals surface area contributed by atoms with Gasteiger partial charge in [-0.05, 0) is 25.3 Å². The topological polar surface area (TPSA) is 81.5 Å². The normalized spacial score (nSPS) is 26.9. The summed E-state index contributed by atoms with van der Waals surface area (Å²) < 4.78 is 32.8. The summed E-state index contributed by atoms with van der Waals surface area (Å²) in [5, 5.41) is 13.1. The molecule has 8 heteroatoms. The molecular weight excluding hydrogens is 286 g/mol. The molecule has 3 rings (SSSR count). The van der Waals surface area contributed by atoms with E-state index < -0.39 is 33.7 Å². The fourth-order valence-electron chi connectivity index (χ4n) is 2.89. The van der Waals surface area contributed by atoms with Crippen molar-refractivity contribution in [2.45, 2.75) is 37.5 Å². The molecule has 1 amide bonds. The summed E-state index contributed by atoms with van der Waals surface area (Å²) in [6.07, 6.45) is 2.43. The van der Waals surface area contributed by atoms with Crippen LogP contribution in [0.3, 0.4) is 0 Å². The van der Waals surface area contributed by atoms with Gasteiger partial charge in [-0.2, -0.15) is 4.39 Å². The van der Waals surface area contributed by atoms with E-state index in [4.69, 9.17) is 4.74 Å². The molecule has 1 aromatic carbocycles. The molecule has 2 aliphatic heterocycles. The summed E-state index contributed by atoms with van der Waals surface area (Å²) >= 11 is 0. The van der Waals surface area contributed by atoms with Crippen molar-refractivity contribution in [1.82, 2.24) is 5.32 Å². The van der Waals surface area contributed by atoms with Crippen molar-refractivity contribution in [3.05, 3.63) is 39.4 Å². The molecule has 2 fully saturated rings. The average molecular weight is 298 g/mol. The van der Waals surface area contributed by atoms with Crippen LogP contribution in [0.15, 0.2) is 12.1 Å². The fourth-order valence-corrected chi connectivity index (χ4v) is 2.89. The third-order valence-electron chi connectivity index (χ3n) is 3.90. The monoisotopic (exact) mass is 298 g/mol. The summed E-state index contributed by atoms with van der Waals surface area (Å²) in [7, 11) is 0. The van der Waals surface area contributed by atoms with E-state index in [0.29, 0.717) is 18.6 Å². The first kappa shape index (κ1) is 13.9. The Balaban J connectivity index is 1.78. The van der Waals surface area contributed by atoms with Gasteiger partial charge in [0.1, 0.15) is 5.82 Å². The molecular formula is C13H12F2N2O4. The van der Waals surface area contributed by atoms with Crippen LogP contribution in [0, 0.1) is 21.7 Å². The van der Waals surface area contributed by atoms with Crippen LogP contribution in [-0.4, -0.2) is 29.1 Å². The summed E-state index contributed by atoms with van der Waals surface area (Å²) in [5.74, 6) is -3.15. The summed E-state index contributed by atoms with van der Waals surface area (Å²) in [6, 6.07) is 0.743. The number of nitro benzene ring substituents is 1. The Kier molecular flexibility index (Phi) is 3.32. The van der Waals surface area contributed by atoms with Crippen LogP contribution in [-0.2, 0) is 4.74 Å². The lowest BCUT2D eigenvalue weighted by molar-refractivity contribution is -0.387. The number of amides is 1. The highest BCUT2D eigenvalue weighted by Gasteiger charge is 2.41. The number of fused-ring (bicyclic) bond motifs is 2. The van der Waals surface area contributed by atoms with Crippen LogP contribution in [0.2, 0.25) is 0 Å². The van der Waals surface area contributed by atoms with Crippen LogP contribution in [0.25, 0.3) is 0 Å². The smallest absolute Gasteiger partial charge is 0.307 e. The van der Waals surface area contributed by atoms with Crippen molar-refractivity contribution in [1.29, 1.82) is 0 Å². The van der Waals surface area contributed by atoms with E-state index in [1.807, 2.05) is 0 Å². The molecule has 2 saturated heterocycles. The van der Waals surface area contributed by atoms with Crippen molar-refractivity contribution >= 4 is 11.6 Å². The van der Waals surface area contributed by atoms with Crippen molar-refractivity contribution in [2.75, 3.05) is 0 Å². The fraction of sp³-hybridized carbons (Fsp3) is 0.462. The number of hydrogen-bond acceptors (Lipinski definition) is 4. The van der Waals surface area contributed by atoms with E-state index in [1.165, 1.54) is 0 Å².